The van der Waals surface area contributed by atoms with E-state index in [4.69, 9.17) is 5.73 Å². The Bertz CT molecular complexity index is 1540. The molecular formula is C27H24ClF3N2O8. The number of anilines is 1. The monoisotopic (exact) mass is 596 g/mol. The number of nitrogens with two attached hydrogens (primary N) is 1. The van der Waals surface area contributed by atoms with Crippen LogP contribution in [0, 0.1) is 11.3 Å². The van der Waals surface area contributed by atoms with Gasteiger partial charge in [0.1, 0.15) is 11.5 Å². The van der Waals surface area contributed by atoms with Gasteiger partial charge in [-0.1, -0.05) is 12.1 Å². The number of hydrogen-bond donors (Lipinski definition) is 6. The van der Waals surface area contributed by atoms with Gasteiger partial charge in [-0.3, -0.25) is 19.2 Å². The van der Waals surface area contributed by atoms with Gasteiger partial charge in [0.15, 0.2) is 11.4 Å². The second kappa shape index (κ2) is 9.86. The summed E-state index contributed by atoms with van der Waals surface area (Å²) in [7, 11) is 0. The van der Waals surface area contributed by atoms with Gasteiger partial charge in [0.2, 0.25) is 11.7 Å². The molecule has 0 saturated heterocycles. The summed E-state index contributed by atoms with van der Waals surface area (Å²) in [5, 5.41) is 45.8. The molecule has 218 valence electrons. The molecule has 0 bridgehead atoms. The fourth-order valence-corrected chi connectivity index (χ4v) is 6.09. The summed E-state index contributed by atoms with van der Waals surface area (Å²) in [6.07, 6.45) is -7.23. The number of ketones is 2. The minimum atomic E-state index is -4.71. The second-order valence-corrected chi connectivity index (χ2v) is 10.4. The van der Waals surface area contributed by atoms with Gasteiger partial charge in [-0.15, -0.1) is 12.4 Å². The number of Topliss-reactive ketones (excluding diaryl/α,β-unsaturated/α-hetero) is 2. The molecule has 41 heavy (non-hydrogen) atoms. The molecule has 0 heterocycles. The maximum Gasteiger partial charge on any atom is 0.416 e. The van der Waals surface area contributed by atoms with E-state index in [2.05, 4.69) is 5.32 Å². The molecule has 0 radical (unpaired) electrons. The van der Waals surface area contributed by atoms with Crippen molar-refractivity contribution in [1.82, 2.24) is 0 Å². The third-order valence-corrected chi connectivity index (χ3v) is 8.04. The number of rotatable bonds is 3. The normalized spacial score (nSPS) is 27.2. The van der Waals surface area contributed by atoms with Crippen molar-refractivity contribution in [2.45, 2.75) is 43.6 Å². The number of fused-ring (bicyclic) bond motifs is 3. The van der Waals surface area contributed by atoms with E-state index in [-0.39, 0.29) is 54.0 Å². The molecule has 2 fully saturated rings. The SMILES string of the molecule is Cl.NC(=O)C12Cc3ccc(NC(=O)c4cccc(C(F)(F)F)c4)c(O)c3C(O)=C1C(=O)C1(O)C(=O)CC(O)CC1C2. The average Bonchev–Trinajstić information content (AvgIpc) is 2.87. The van der Waals surface area contributed by atoms with Crippen LogP contribution in [0.4, 0.5) is 18.9 Å². The topological polar surface area (TPSA) is 187 Å². The summed E-state index contributed by atoms with van der Waals surface area (Å²) in [6.45, 7) is 0. The number of carbonyl (C=O) groups is 4. The summed E-state index contributed by atoms with van der Waals surface area (Å²) < 4.78 is 39.2. The number of carbonyl (C=O) groups excluding carboxylic acids is 4. The quantitative estimate of drug-likeness (QED) is 0.230. The lowest BCUT2D eigenvalue weighted by atomic mass is 9.52. The van der Waals surface area contributed by atoms with Crippen molar-refractivity contribution >= 4 is 47.2 Å². The molecule has 3 aliphatic rings. The van der Waals surface area contributed by atoms with Gasteiger partial charge in [0.05, 0.1) is 33.9 Å². The van der Waals surface area contributed by atoms with Crippen molar-refractivity contribution in [3.8, 4) is 5.75 Å². The molecular weight excluding hydrogens is 573 g/mol. The van der Waals surface area contributed by atoms with Crippen LogP contribution in [0.2, 0.25) is 0 Å². The van der Waals surface area contributed by atoms with Gasteiger partial charge >= 0.3 is 6.18 Å². The Morgan fingerprint density at radius 2 is 1.78 bits per heavy atom. The number of phenols is 1. The zero-order valence-corrected chi connectivity index (χ0v) is 21.8. The van der Waals surface area contributed by atoms with E-state index in [0.717, 1.165) is 18.2 Å². The molecule has 0 aromatic heterocycles. The number of aliphatic hydroxyl groups is 3. The molecule has 7 N–H and O–H groups in total. The molecule has 0 aliphatic heterocycles. The Hall–Kier alpha value is -3.94. The van der Waals surface area contributed by atoms with Crippen LogP contribution in [-0.2, 0) is 27.0 Å². The highest BCUT2D eigenvalue weighted by Gasteiger charge is 2.66. The van der Waals surface area contributed by atoms with E-state index in [1.165, 1.54) is 12.1 Å². The van der Waals surface area contributed by atoms with E-state index in [1.807, 2.05) is 0 Å². The Morgan fingerprint density at radius 1 is 1.10 bits per heavy atom. The molecule has 0 spiro atoms. The fraction of sp³-hybridized carbons (Fsp3) is 0.333. The van der Waals surface area contributed by atoms with Crippen LogP contribution in [0.3, 0.4) is 0 Å². The number of primary amides is 1. The number of nitrogens with one attached hydrogen (secondary N) is 1. The number of alkyl halides is 3. The zero-order valence-electron chi connectivity index (χ0n) is 21.0. The molecule has 4 atom stereocenters. The number of benzene rings is 2. The lowest BCUT2D eigenvalue weighted by Gasteiger charge is -2.51. The van der Waals surface area contributed by atoms with Crippen molar-refractivity contribution < 1.29 is 52.8 Å². The molecule has 3 aliphatic carbocycles. The second-order valence-electron chi connectivity index (χ2n) is 10.4. The standard InChI is InChI=1S/C27H23F3N2O8.ClH/c28-27(29,30)13-3-1-2-11(6-13)23(38)32-16-5-4-12-9-25(24(31)39)10-14-7-15(33)8-17(34)26(14,40)22(37)19(25)21(36)18(12)20(16)35;/h1-6,14-15,33,35-36,40H,7-10H2,(H2,31,39)(H,32,38);1H. The molecule has 2 aromatic rings. The lowest BCUT2D eigenvalue weighted by Crippen LogP contribution is -2.66. The van der Waals surface area contributed by atoms with Crippen molar-refractivity contribution in [1.29, 1.82) is 0 Å². The van der Waals surface area contributed by atoms with Gasteiger partial charge in [-0.25, -0.2) is 0 Å². The molecule has 14 heteroatoms. The minimum Gasteiger partial charge on any atom is -0.507 e. The van der Waals surface area contributed by atoms with Crippen LogP contribution in [0.1, 0.15) is 46.3 Å². The summed E-state index contributed by atoms with van der Waals surface area (Å²) in [5.74, 6) is -7.20. The number of halogens is 4. The van der Waals surface area contributed by atoms with Gasteiger partial charge in [-0.05, 0) is 49.1 Å². The molecule has 2 amide bonds. The maximum absolute atomic E-state index is 13.6. The van der Waals surface area contributed by atoms with Gasteiger partial charge in [0, 0.05) is 17.9 Å². The van der Waals surface area contributed by atoms with Gasteiger partial charge in [-0.2, -0.15) is 13.2 Å². The Labute approximate surface area is 236 Å². The molecule has 2 saturated carbocycles. The number of aromatic hydroxyl groups is 1. The Balaban J connectivity index is 0.00000387. The smallest absolute Gasteiger partial charge is 0.416 e. The number of aliphatic hydroxyl groups excluding tert-OH is 2. The first kappa shape index (κ1) is 30.0. The van der Waals surface area contributed by atoms with Gasteiger partial charge < -0.3 is 31.5 Å². The maximum atomic E-state index is 13.6. The summed E-state index contributed by atoms with van der Waals surface area (Å²) in [5.41, 5.74) is -1.52. The third-order valence-electron chi connectivity index (χ3n) is 8.04. The predicted octanol–water partition coefficient (Wildman–Crippen LogP) is 2.43. The zero-order chi connectivity index (χ0) is 29.4. The van der Waals surface area contributed by atoms with E-state index in [9.17, 15) is 52.8 Å². The van der Waals surface area contributed by atoms with Crippen LogP contribution >= 0.6 is 12.4 Å². The molecule has 4 unspecified atom stereocenters. The lowest BCUT2D eigenvalue weighted by molar-refractivity contribution is -0.171. The minimum absolute atomic E-state index is 0. The van der Waals surface area contributed by atoms with Crippen LogP contribution in [0.5, 0.6) is 5.75 Å². The van der Waals surface area contributed by atoms with E-state index in [0.29, 0.717) is 6.07 Å². The van der Waals surface area contributed by atoms with Gasteiger partial charge in [0.25, 0.3) is 5.91 Å². The van der Waals surface area contributed by atoms with Crippen LogP contribution in [-0.4, -0.2) is 55.5 Å². The average molecular weight is 597 g/mol. The first-order chi connectivity index (χ1) is 18.6. The predicted molar refractivity (Wildman–Crippen MR) is 138 cm³/mol. The van der Waals surface area contributed by atoms with Crippen molar-refractivity contribution in [2.75, 3.05) is 5.32 Å². The van der Waals surface area contributed by atoms with Crippen molar-refractivity contribution in [2.24, 2.45) is 17.1 Å². The van der Waals surface area contributed by atoms with E-state index < -0.39 is 81.7 Å². The van der Waals surface area contributed by atoms with Crippen molar-refractivity contribution in [3.63, 3.8) is 0 Å². The highest BCUT2D eigenvalue weighted by Crippen LogP contribution is 2.57. The summed E-state index contributed by atoms with van der Waals surface area (Å²) in [4.78, 5) is 51.8. The van der Waals surface area contributed by atoms with Crippen LogP contribution in [0.25, 0.3) is 5.76 Å². The molecule has 5 rings (SSSR count). The summed E-state index contributed by atoms with van der Waals surface area (Å²) in [6, 6.07) is 6.06. The summed E-state index contributed by atoms with van der Waals surface area (Å²) >= 11 is 0. The fourth-order valence-electron chi connectivity index (χ4n) is 6.09. The third kappa shape index (κ3) is 4.44. The number of amides is 2. The highest BCUT2D eigenvalue weighted by atomic mass is 35.5. The molecule has 10 nitrogen and oxygen atoms in total. The van der Waals surface area contributed by atoms with Crippen LogP contribution < -0.4 is 11.1 Å². The largest absolute Gasteiger partial charge is 0.507 e. The Morgan fingerprint density at radius 3 is 2.41 bits per heavy atom. The molecule has 2 aromatic carbocycles. The first-order valence-corrected chi connectivity index (χ1v) is 12.2. The van der Waals surface area contributed by atoms with E-state index >= 15 is 0 Å². The first-order valence-electron chi connectivity index (χ1n) is 12.2. The van der Waals surface area contributed by atoms with Crippen molar-refractivity contribution in [3.05, 3.63) is 64.2 Å². The number of hydrogen-bond acceptors (Lipinski definition) is 8. The highest BCUT2D eigenvalue weighted by molar-refractivity contribution is 6.24. The van der Waals surface area contributed by atoms with E-state index in [1.54, 1.807) is 0 Å². The Kier molecular flexibility index (Phi) is 7.22. The van der Waals surface area contributed by atoms with Crippen LogP contribution in [0.15, 0.2) is 42.0 Å². The number of phenolic OH excluding ortho intramolecular Hbond substituents is 1.